The minimum absolute atomic E-state index is 0.135. The zero-order valence-corrected chi connectivity index (χ0v) is 17.4. The second kappa shape index (κ2) is 8.37. The molecule has 0 saturated heterocycles. The second-order valence-corrected chi connectivity index (χ2v) is 7.66. The van der Waals surface area contributed by atoms with Gasteiger partial charge in [-0.3, -0.25) is 4.79 Å². The molecule has 6 heteroatoms. The first kappa shape index (κ1) is 19.6. The second-order valence-electron chi connectivity index (χ2n) is 7.66. The number of carbonyl (C=O) groups excluding carboxylic acids is 1. The van der Waals surface area contributed by atoms with E-state index in [0.717, 1.165) is 22.6 Å². The molecule has 0 aliphatic rings. The molecule has 1 amide bonds. The van der Waals surface area contributed by atoms with E-state index in [1.54, 1.807) is 17.1 Å². The van der Waals surface area contributed by atoms with Gasteiger partial charge in [-0.2, -0.15) is 10.2 Å². The molecule has 0 unspecified atom stereocenters. The lowest BCUT2D eigenvalue weighted by Crippen LogP contribution is -2.24. The van der Waals surface area contributed by atoms with Crippen LogP contribution in [0.4, 0.5) is 0 Å². The lowest BCUT2D eigenvalue weighted by molar-refractivity contribution is 0.0949. The zero-order valence-electron chi connectivity index (χ0n) is 17.4. The highest BCUT2D eigenvalue weighted by Crippen LogP contribution is 2.23. The Morgan fingerprint density at radius 2 is 1.70 bits per heavy atom. The summed E-state index contributed by atoms with van der Waals surface area (Å²) in [6, 6.07) is 18.0. The molecule has 30 heavy (non-hydrogen) atoms. The molecule has 2 aromatic heterocycles. The Labute approximate surface area is 176 Å². The van der Waals surface area contributed by atoms with Crippen LogP contribution in [-0.4, -0.2) is 25.5 Å². The highest BCUT2D eigenvalue weighted by Gasteiger charge is 2.21. The van der Waals surface area contributed by atoms with E-state index in [9.17, 15) is 4.79 Å². The van der Waals surface area contributed by atoms with E-state index in [-0.39, 0.29) is 11.8 Å². The Bertz CT molecular complexity index is 1140. The Morgan fingerprint density at radius 1 is 0.967 bits per heavy atom. The summed E-state index contributed by atoms with van der Waals surface area (Å²) < 4.78 is 3.66. The Hall–Kier alpha value is -3.67. The molecule has 0 atom stereocenters. The van der Waals surface area contributed by atoms with Gasteiger partial charge in [-0.05, 0) is 37.1 Å². The van der Waals surface area contributed by atoms with Crippen LogP contribution in [0.1, 0.15) is 46.9 Å². The number of aryl methyl sites for hydroxylation is 1. The third-order valence-electron chi connectivity index (χ3n) is 4.99. The lowest BCUT2D eigenvalue weighted by Gasteiger charge is -2.13. The Morgan fingerprint density at radius 3 is 2.40 bits per heavy atom. The van der Waals surface area contributed by atoms with E-state index in [1.165, 1.54) is 5.56 Å². The quantitative estimate of drug-likeness (QED) is 0.522. The maximum Gasteiger partial charge on any atom is 0.255 e. The lowest BCUT2D eigenvalue weighted by atomic mass is 10.0. The predicted octanol–water partition coefficient (Wildman–Crippen LogP) is 4.42. The van der Waals surface area contributed by atoms with Crippen LogP contribution < -0.4 is 5.32 Å². The molecule has 2 aromatic carbocycles. The third kappa shape index (κ3) is 4.03. The molecule has 4 rings (SSSR count). The van der Waals surface area contributed by atoms with Crippen LogP contribution in [0.5, 0.6) is 0 Å². The highest BCUT2D eigenvalue weighted by atomic mass is 16.1. The SMILES string of the molecule is Cc1ccc(-n2ncc(C(=O)NCc3cnn(-c4ccccc4)c3)c2C(C)C)cc1. The number of nitrogens with one attached hydrogen (secondary N) is 1. The summed E-state index contributed by atoms with van der Waals surface area (Å²) in [6.45, 7) is 6.60. The average Bonchev–Trinajstić information content (AvgIpc) is 3.41. The highest BCUT2D eigenvalue weighted by molar-refractivity contribution is 5.95. The fourth-order valence-corrected chi connectivity index (χ4v) is 3.43. The summed E-state index contributed by atoms with van der Waals surface area (Å²) in [5, 5.41) is 11.9. The van der Waals surface area contributed by atoms with E-state index >= 15 is 0 Å². The van der Waals surface area contributed by atoms with Crippen molar-refractivity contribution in [3.05, 3.63) is 95.6 Å². The van der Waals surface area contributed by atoms with E-state index in [4.69, 9.17) is 0 Å². The van der Waals surface area contributed by atoms with Gasteiger partial charge < -0.3 is 5.32 Å². The Kier molecular flexibility index (Phi) is 5.48. The molecule has 0 bridgehead atoms. The number of rotatable bonds is 6. The van der Waals surface area contributed by atoms with Crippen molar-refractivity contribution in [1.29, 1.82) is 0 Å². The summed E-state index contributed by atoms with van der Waals surface area (Å²) in [6.07, 6.45) is 5.35. The smallest absolute Gasteiger partial charge is 0.255 e. The van der Waals surface area contributed by atoms with Gasteiger partial charge in [-0.1, -0.05) is 49.7 Å². The number of carbonyl (C=O) groups is 1. The molecular formula is C24H25N5O. The van der Waals surface area contributed by atoms with Crippen LogP contribution in [0, 0.1) is 6.92 Å². The van der Waals surface area contributed by atoms with Gasteiger partial charge >= 0.3 is 0 Å². The van der Waals surface area contributed by atoms with E-state index in [2.05, 4.69) is 36.3 Å². The molecule has 0 aliphatic heterocycles. The minimum Gasteiger partial charge on any atom is -0.348 e. The van der Waals surface area contributed by atoms with Crippen molar-refractivity contribution in [3.8, 4) is 11.4 Å². The molecule has 2 heterocycles. The van der Waals surface area contributed by atoms with Gasteiger partial charge in [0.15, 0.2) is 0 Å². The number of hydrogen-bond donors (Lipinski definition) is 1. The van der Waals surface area contributed by atoms with Crippen molar-refractivity contribution in [1.82, 2.24) is 24.9 Å². The number of amides is 1. The van der Waals surface area contributed by atoms with Crippen molar-refractivity contribution in [2.24, 2.45) is 0 Å². The molecule has 4 aromatic rings. The van der Waals surface area contributed by atoms with E-state index in [1.807, 2.05) is 65.5 Å². The number of para-hydroxylation sites is 1. The number of nitrogens with zero attached hydrogens (tertiary/aromatic N) is 4. The fourth-order valence-electron chi connectivity index (χ4n) is 3.43. The van der Waals surface area contributed by atoms with Gasteiger partial charge in [-0.25, -0.2) is 9.36 Å². The largest absolute Gasteiger partial charge is 0.348 e. The van der Waals surface area contributed by atoms with Gasteiger partial charge in [0.2, 0.25) is 0 Å². The van der Waals surface area contributed by atoms with Crippen molar-refractivity contribution in [2.75, 3.05) is 0 Å². The number of benzene rings is 2. The Balaban J connectivity index is 1.51. The fraction of sp³-hybridized carbons (Fsp3) is 0.208. The summed E-state index contributed by atoms with van der Waals surface area (Å²) in [5.74, 6) is 0.0138. The van der Waals surface area contributed by atoms with Gasteiger partial charge in [0.25, 0.3) is 5.91 Å². The van der Waals surface area contributed by atoms with Gasteiger partial charge in [-0.15, -0.1) is 0 Å². The van der Waals surface area contributed by atoms with Crippen molar-refractivity contribution in [2.45, 2.75) is 33.2 Å². The van der Waals surface area contributed by atoms with Gasteiger partial charge in [0.05, 0.1) is 35.0 Å². The minimum atomic E-state index is -0.135. The monoisotopic (exact) mass is 399 g/mol. The molecule has 1 N–H and O–H groups in total. The molecule has 6 nitrogen and oxygen atoms in total. The molecule has 0 spiro atoms. The molecule has 0 radical (unpaired) electrons. The van der Waals surface area contributed by atoms with Crippen molar-refractivity contribution >= 4 is 5.91 Å². The van der Waals surface area contributed by atoms with E-state index in [0.29, 0.717) is 12.1 Å². The molecule has 152 valence electrons. The van der Waals surface area contributed by atoms with Gasteiger partial charge in [0, 0.05) is 18.3 Å². The zero-order chi connectivity index (χ0) is 21.1. The van der Waals surface area contributed by atoms with Crippen LogP contribution in [0.2, 0.25) is 0 Å². The molecule has 0 fully saturated rings. The number of hydrogen-bond acceptors (Lipinski definition) is 3. The van der Waals surface area contributed by atoms with Crippen LogP contribution in [-0.2, 0) is 6.54 Å². The van der Waals surface area contributed by atoms with Crippen LogP contribution >= 0.6 is 0 Å². The maximum atomic E-state index is 12.9. The van der Waals surface area contributed by atoms with Crippen LogP contribution in [0.3, 0.4) is 0 Å². The third-order valence-corrected chi connectivity index (χ3v) is 4.99. The first-order valence-electron chi connectivity index (χ1n) is 10.0. The van der Waals surface area contributed by atoms with Crippen molar-refractivity contribution < 1.29 is 4.79 Å². The molecular weight excluding hydrogens is 374 g/mol. The first-order chi connectivity index (χ1) is 14.5. The van der Waals surface area contributed by atoms with Crippen LogP contribution in [0.15, 0.2) is 73.2 Å². The van der Waals surface area contributed by atoms with Gasteiger partial charge in [0.1, 0.15) is 0 Å². The first-order valence-corrected chi connectivity index (χ1v) is 10.0. The molecule has 0 saturated carbocycles. The summed E-state index contributed by atoms with van der Waals surface area (Å²) in [4.78, 5) is 12.9. The molecule has 0 aliphatic carbocycles. The summed E-state index contributed by atoms with van der Waals surface area (Å²) in [7, 11) is 0. The summed E-state index contributed by atoms with van der Waals surface area (Å²) >= 11 is 0. The topological polar surface area (TPSA) is 64.7 Å². The van der Waals surface area contributed by atoms with E-state index < -0.39 is 0 Å². The average molecular weight is 399 g/mol. The van der Waals surface area contributed by atoms with Crippen LogP contribution in [0.25, 0.3) is 11.4 Å². The maximum absolute atomic E-state index is 12.9. The normalized spacial score (nSPS) is 11.1. The predicted molar refractivity (Wildman–Crippen MR) is 117 cm³/mol. The number of aromatic nitrogens is 4. The summed E-state index contributed by atoms with van der Waals surface area (Å²) in [5.41, 5.74) is 5.55. The standard InChI is InChI=1S/C24H25N5O/c1-17(2)23-22(15-27-29(23)21-11-9-18(3)10-12-21)24(30)25-13-19-14-26-28(16-19)20-7-5-4-6-8-20/h4-12,14-17H,13H2,1-3H3,(H,25,30). The van der Waals surface area contributed by atoms with Crippen molar-refractivity contribution in [3.63, 3.8) is 0 Å².